The molecule has 0 aliphatic carbocycles. The lowest BCUT2D eigenvalue weighted by atomic mass is 10.0. The van der Waals surface area contributed by atoms with Gasteiger partial charge in [-0.3, -0.25) is 4.99 Å². The molecule has 0 N–H and O–H groups in total. The number of carbonyl (C=O) groups excluding carboxylic acids is 1. The second-order valence-electron chi connectivity index (χ2n) is 4.95. The number of rotatable bonds is 6. The van der Waals surface area contributed by atoms with Crippen molar-refractivity contribution in [3.8, 4) is 6.07 Å². The summed E-state index contributed by atoms with van der Waals surface area (Å²) in [6.45, 7) is 0. The number of hydrogen-bond acceptors (Lipinski definition) is 4. The molecule has 0 radical (unpaired) electrons. The summed E-state index contributed by atoms with van der Waals surface area (Å²) in [5.74, 6) is -0.426. The van der Waals surface area contributed by atoms with Gasteiger partial charge in [0.1, 0.15) is 6.04 Å². The van der Waals surface area contributed by atoms with E-state index in [2.05, 4.69) is 11.1 Å². The van der Waals surface area contributed by atoms with Gasteiger partial charge in [0.15, 0.2) is 0 Å². The van der Waals surface area contributed by atoms with E-state index >= 15 is 0 Å². The van der Waals surface area contributed by atoms with Crippen molar-refractivity contribution in [3.63, 3.8) is 0 Å². The molecule has 2 aromatic carbocycles. The third-order valence-corrected chi connectivity index (χ3v) is 3.38. The van der Waals surface area contributed by atoms with Crippen LogP contribution < -0.4 is 0 Å². The van der Waals surface area contributed by atoms with Crippen molar-refractivity contribution in [1.82, 2.24) is 0 Å². The molecule has 0 aliphatic rings. The standard InChI is InChI=1S/C19H18N2O2/c1-23-19(22)17(13-8-14-20)21-18(15-9-4-2-5-10-15)16-11-6-3-7-12-16/h2-7,9-12,17H,8,13H2,1H3. The maximum atomic E-state index is 12.0. The summed E-state index contributed by atoms with van der Waals surface area (Å²) in [5, 5.41) is 8.79. The predicted molar refractivity (Wildman–Crippen MR) is 89.2 cm³/mol. The van der Waals surface area contributed by atoms with E-state index in [1.807, 2.05) is 60.7 Å². The Hall–Kier alpha value is -2.93. The Morgan fingerprint density at radius 2 is 1.61 bits per heavy atom. The van der Waals surface area contributed by atoms with Crippen LogP contribution >= 0.6 is 0 Å². The summed E-state index contributed by atoms with van der Waals surface area (Å²) in [6, 6.07) is 20.7. The van der Waals surface area contributed by atoms with Crippen LogP contribution in [0.1, 0.15) is 24.0 Å². The highest BCUT2D eigenvalue weighted by Crippen LogP contribution is 2.14. The van der Waals surface area contributed by atoms with Crippen LogP contribution in [-0.4, -0.2) is 24.8 Å². The van der Waals surface area contributed by atoms with E-state index in [1.54, 1.807) is 0 Å². The van der Waals surface area contributed by atoms with Crippen LogP contribution in [-0.2, 0) is 9.53 Å². The van der Waals surface area contributed by atoms with Crippen molar-refractivity contribution < 1.29 is 9.53 Å². The topological polar surface area (TPSA) is 62.5 Å². The highest BCUT2D eigenvalue weighted by Gasteiger charge is 2.19. The molecule has 0 aromatic heterocycles. The summed E-state index contributed by atoms with van der Waals surface area (Å²) in [7, 11) is 1.34. The lowest BCUT2D eigenvalue weighted by molar-refractivity contribution is -0.142. The number of benzene rings is 2. The van der Waals surface area contributed by atoms with Crippen LogP contribution in [0.3, 0.4) is 0 Å². The van der Waals surface area contributed by atoms with E-state index in [-0.39, 0.29) is 6.42 Å². The summed E-state index contributed by atoms with van der Waals surface area (Å²) in [4.78, 5) is 16.6. The van der Waals surface area contributed by atoms with E-state index in [1.165, 1.54) is 7.11 Å². The molecule has 23 heavy (non-hydrogen) atoms. The molecule has 2 rings (SSSR count). The molecule has 4 heteroatoms. The Balaban J connectivity index is 2.47. The molecule has 0 amide bonds. The third kappa shape index (κ3) is 4.52. The van der Waals surface area contributed by atoms with Crippen LogP contribution in [0.5, 0.6) is 0 Å². The minimum Gasteiger partial charge on any atom is -0.467 e. The fraction of sp³-hybridized carbons (Fsp3) is 0.211. The number of ether oxygens (including phenoxy) is 1. The molecule has 1 unspecified atom stereocenters. The molecule has 1 atom stereocenters. The maximum absolute atomic E-state index is 12.0. The molecular formula is C19H18N2O2. The first-order valence-corrected chi connectivity index (χ1v) is 7.39. The number of carbonyl (C=O) groups is 1. The Labute approximate surface area is 136 Å². The van der Waals surface area contributed by atoms with Gasteiger partial charge >= 0.3 is 5.97 Å². The van der Waals surface area contributed by atoms with Gasteiger partial charge in [-0.05, 0) is 6.42 Å². The van der Waals surface area contributed by atoms with Gasteiger partial charge in [-0.1, -0.05) is 60.7 Å². The van der Waals surface area contributed by atoms with Gasteiger partial charge in [0, 0.05) is 17.5 Å². The van der Waals surface area contributed by atoms with Crippen molar-refractivity contribution in [3.05, 3.63) is 71.8 Å². The first kappa shape index (κ1) is 16.4. The molecule has 116 valence electrons. The largest absolute Gasteiger partial charge is 0.467 e. The van der Waals surface area contributed by atoms with E-state index in [4.69, 9.17) is 10.00 Å². The maximum Gasteiger partial charge on any atom is 0.330 e. The van der Waals surface area contributed by atoms with Crippen LogP contribution in [0.25, 0.3) is 0 Å². The Kier molecular flexibility index (Phi) is 6.07. The van der Waals surface area contributed by atoms with Gasteiger partial charge in [-0.15, -0.1) is 0 Å². The molecule has 0 saturated heterocycles. The summed E-state index contributed by atoms with van der Waals surface area (Å²) < 4.78 is 4.83. The lowest BCUT2D eigenvalue weighted by Crippen LogP contribution is -2.22. The van der Waals surface area contributed by atoms with E-state index in [0.29, 0.717) is 6.42 Å². The zero-order chi connectivity index (χ0) is 16.5. The smallest absolute Gasteiger partial charge is 0.330 e. The van der Waals surface area contributed by atoms with Gasteiger partial charge in [-0.25, -0.2) is 4.79 Å². The SMILES string of the molecule is COC(=O)C(CCC#N)N=C(c1ccccc1)c1ccccc1. The Morgan fingerprint density at radius 1 is 1.09 bits per heavy atom. The van der Waals surface area contributed by atoms with Crippen LogP contribution in [0, 0.1) is 11.3 Å². The highest BCUT2D eigenvalue weighted by molar-refractivity contribution is 6.13. The zero-order valence-corrected chi connectivity index (χ0v) is 13.0. The zero-order valence-electron chi connectivity index (χ0n) is 13.0. The van der Waals surface area contributed by atoms with E-state index in [9.17, 15) is 4.79 Å². The number of nitrogens with zero attached hydrogens (tertiary/aromatic N) is 2. The summed E-state index contributed by atoms with van der Waals surface area (Å²) in [6.07, 6.45) is 0.590. The number of nitriles is 1. The van der Waals surface area contributed by atoms with Gasteiger partial charge < -0.3 is 4.74 Å². The monoisotopic (exact) mass is 306 g/mol. The molecule has 2 aromatic rings. The molecule has 0 spiro atoms. The number of aliphatic imine (C=N–C) groups is 1. The van der Waals surface area contributed by atoms with E-state index < -0.39 is 12.0 Å². The minimum atomic E-state index is -0.685. The number of hydrogen-bond donors (Lipinski definition) is 0. The molecule has 0 heterocycles. The average molecular weight is 306 g/mol. The fourth-order valence-electron chi connectivity index (χ4n) is 2.24. The van der Waals surface area contributed by atoms with Crippen LogP contribution in [0.2, 0.25) is 0 Å². The summed E-state index contributed by atoms with van der Waals surface area (Å²) in [5.41, 5.74) is 2.56. The second kappa shape index (κ2) is 8.50. The highest BCUT2D eigenvalue weighted by atomic mass is 16.5. The first-order chi connectivity index (χ1) is 11.3. The van der Waals surface area contributed by atoms with Crippen molar-refractivity contribution in [2.24, 2.45) is 4.99 Å². The quantitative estimate of drug-likeness (QED) is 0.607. The van der Waals surface area contributed by atoms with Gasteiger partial charge in [0.2, 0.25) is 0 Å². The minimum absolute atomic E-state index is 0.250. The third-order valence-electron chi connectivity index (χ3n) is 3.38. The number of methoxy groups -OCH3 is 1. The Morgan fingerprint density at radius 3 is 2.04 bits per heavy atom. The molecular weight excluding hydrogens is 288 g/mol. The predicted octanol–water partition coefficient (Wildman–Crippen LogP) is 3.37. The molecule has 0 aliphatic heterocycles. The van der Waals surface area contributed by atoms with Crippen molar-refractivity contribution in [1.29, 1.82) is 5.26 Å². The first-order valence-electron chi connectivity index (χ1n) is 7.39. The van der Waals surface area contributed by atoms with Crippen LogP contribution in [0.15, 0.2) is 65.7 Å². The van der Waals surface area contributed by atoms with Gasteiger partial charge in [-0.2, -0.15) is 5.26 Å². The Bertz CT molecular complexity index is 662. The van der Waals surface area contributed by atoms with Crippen molar-refractivity contribution >= 4 is 11.7 Å². The number of esters is 1. The molecule has 0 saturated carbocycles. The lowest BCUT2D eigenvalue weighted by Gasteiger charge is -2.13. The second-order valence-corrected chi connectivity index (χ2v) is 4.95. The molecule has 0 fully saturated rings. The molecule has 0 bridgehead atoms. The van der Waals surface area contributed by atoms with Crippen molar-refractivity contribution in [2.45, 2.75) is 18.9 Å². The van der Waals surface area contributed by atoms with Gasteiger partial charge in [0.05, 0.1) is 18.9 Å². The van der Waals surface area contributed by atoms with Gasteiger partial charge in [0.25, 0.3) is 0 Å². The average Bonchev–Trinajstić information content (AvgIpc) is 2.63. The molecule has 4 nitrogen and oxygen atoms in total. The fourth-order valence-corrected chi connectivity index (χ4v) is 2.24. The summed E-state index contributed by atoms with van der Waals surface area (Å²) >= 11 is 0. The van der Waals surface area contributed by atoms with Crippen LogP contribution in [0.4, 0.5) is 0 Å². The van der Waals surface area contributed by atoms with E-state index in [0.717, 1.165) is 16.8 Å². The normalized spacial score (nSPS) is 11.1. The van der Waals surface area contributed by atoms with Crippen molar-refractivity contribution in [2.75, 3.05) is 7.11 Å².